The van der Waals surface area contributed by atoms with E-state index >= 15 is 0 Å². The smallest absolute Gasteiger partial charge is 0.254 e. The lowest BCUT2D eigenvalue weighted by molar-refractivity contribution is 0.0703. The quantitative estimate of drug-likeness (QED) is 0.826. The molecular weight excluding hydrogens is 351 g/mol. The SMILES string of the molecule is CCCOc1c(Cl)cc(C(=O)N(C)C2CCNCC2)cc1OC.Cl. The molecule has 1 N–H and O–H groups in total. The first-order valence-electron chi connectivity index (χ1n) is 8.06. The lowest BCUT2D eigenvalue weighted by Gasteiger charge is -2.31. The van der Waals surface area contributed by atoms with Crippen molar-refractivity contribution in [2.75, 3.05) is 33.9 Å². The van der Waals surface area contributed by atoms with Crippen molar-refractivity contribution >= 4 is 29.9 Å². The maximum absolute atomic E-state index is 12.7. The number of halogens is 2. The number of nitrogens with zero attached hydrogens (tertiary/aromatic N) is 1. The number of hydrogen-bond acceptors (Lipinski definition) is 4. The largest absolute Gasteiger partial charge is 0.493 e. The van der Waals surface area contributed by atoms with Gasteiger partial charge >= 0.3 is 0 Å². The monoisotopic (exact) mass is 376 g/mol. The van der Waals surface area contributed by atoms with E-state index < -0.39 is 0 Å². The molecule has 1 aliphatic rings. The van der Waals surface area contributed by atoms with E-state index in [1.807, 2.05) is 14.0 Å². The van der Waals surface area contributed by atoms with Crippen LogP contribution in [0, 0.1) is 0 Å². The van der Waals surface area contributed by atoms with Crippen molar-refractivity contribution < 1.29 is 14.3 Å². The van der Waals surface area contributed by atoms with Gasteiger partial charge in [-0.1, -0.05) is 18.5 Å². The number of rotatable bonds is 6. The summed E-state index contributed by atoms with van der Waals surface area (Å²) in [6.07, 6.45) is 2.80. The van der Waals surface area contributed by atoms with E-state index in [2.05, 4.69) is 5.32 Å². The van der Waals surface area contributed by atoms with Crippen molar-refractivity contribution in [2.45, 2.75) is 32.2 Å². The maximum Gasteiger partial charge on any atom is 0.254 e. The van der Waals surface area contributed by atoms with Crippen LogP contribution in [0.15, 0.2) is 12.1 Å². The molecule has 0 saturated carbocycles. The molecule has 2 rings (SSSR count). The average molecular weight is 377 g/mol. The second kappa shape index (κ2) is 9.97. The first kappa shape index (κ1) is 20.9. The Morgan fingerprint density at radius 1 is 1.38 bits per heavy atom. The van der Waals surface area contributed by atoms with Gasteiger partial charge in [0.2, 0.25) is 0 Å². The number of nitrogens with one attached hydrogen (secondary N) is 1. The molecule has 0 aromatic heterocycles. The molecule has 1 heterocycles. The van der Waals surface area contributed by atoms with Gasteiger partial charge in [0.15, 0.2) is 11.5 Å². The summed E-state index contributed by atoms with van der Waals surface area (Å²) >= 11 is 6.30. The van der Waals surface area contributed by atoms with Crippen molar-refractivity contribution in [3.8, 4) is 11.5 Å². The Morgan fingerprint density at radius 3 is 2.62 bits per heavy atom. The Labute approximate surface area is 155 Å². The third kappa shape index (κ3) is 4.91. The van der Waals surface area contributed by atoms with Gasteiger partial charge in [0.25, 0.3) is 5.91 Å². The molecule has 0 unspecified atom stereocenters. The Kier molecular flexibility index (Phi) is 8.67. The standard InChI is InChI=1S/C17H25ClN2O3.ClH/c1-4-9-23-16-14(18)10-12(11-15(16)22-3)17(21)20(2)13-5-7-19-8-6-13;/h10-11,13,19H,4-9H2,1-3H3;1H. The summed E-state index contributed by atoms with van der Waals surface area (Å²) in [5.41, 5.74) is 0.525. The zero-order chi connectivity index (χ0) is 16.8. The van der Waals surface area contributed by atoms with Crippen LogP contribution in [0.3, 0.4) is 0 Å². The second-order valence-electron chi connectivity index (χ2n) is 5.74. The Bertz CT molecular complexity index is 549. The number of benzene rings is 1. The highest BCUT2D eigenvalue weighted by Gasteiger charge is 2.24. The van der Waals surface area contributed by atoms with E-state index in [1.165, 1.54) is 0 Å². The first-order valence-corrected chi connectivity index (χ1v) is 8.44. The van der Waals surface area contributed by atoms with Gasteiger partial charge in [-0.2, -0.15) is 0 Å². The van der Waals surface area contributed by atoms with E-state index in [9.17, 15) is 4.79 Å². The zero-order valence-electron chi connectivity index (χ0n) is 14.4. The summed E-state index contributed by atoms with van der Waals surface area (Å²) in [4.78, 5) is 14.5. The van der Waals surface area contributed by atoms with Crippen LogP contribution in [0.4, 0.5) is 0 Å². The van der Waals surface area contributed by atoms with Crippen LogP contribution in [0.5, 0.6) is 11.5 Å². The third-order valence-electron chi connectivity index (χ3n) is 4.10. The van der Waals surface area contributed by atoms with Gasteiger partial charge in [-0.15, -0.1) is 12.4 Å². The molecule has 7 heteroatoms. The molecule has 5 nitrogen and oxygen atoms in total. The van der Waals surface area contributed by atoms with Gasteiger partial charge in [0.05, 0.1) is 18.7 Å². The highest BCUT2D eigenvalue weighted by Crippen LogP contribution is 2.37. The van der Waals surface area contributed by atoms with Crippen LogP contribution in [-0.4, -0.2) is 50.7 Å². The van der Waals surface area contributed by atoms with Crippen molar-refractivity contribution in [3.63, 3.8) is 0 Å². The van der Waals surface area contributed by atoms with Gasteiger partial charge < -0.3 is 19.7 Å². The first-order chi connectivity index (χ1) is 11.1. The van der Waals surface area contributed by atoms with Crippen LogP contribution in [0.1, 0.15) is 36.5 Å². The number of carbonyl (C=O) groups excluding carboxylic acids is 1. The Morgan fingerprint density at radius 2 is 2.04 bits per heavy atom. The molecule has 1 aromatic carbocycles. The van der Waals surface area contributed by atoms with Crippen LogP contribution < -0.4 is 14.8 Å². The normalized spacial score (nSPS) is 14.7. The zero-order valence-corrected chi connectivity index (χ0v) is 16.0. The summed E-state index contributed by atoms with van der Waals surface area (Å²) in [6, 6.07) is 3.62. The highest BCUT2D eigenvalue weighted by molar-refractivity contribution is 6.32. The molecular formula is C17H26Cl2N2O3. The number of hydrogen-bond donors (Lipinski definition) is 1. The molecule has 0 atom stereocenters. The predicted octanol–water partition coefficient (Wildman–Crippen LogP) is 3.38. The second-order valence-corrected chi connectivity index (χ2v) is 6.14. The number of ether oxygens (including phenoxy) is 2. The Balaban J connectivity index is 0.00000288. The fraction of sp³-hybridized carbons (Fsp3) is 0.588. The summed E-state index contributed by atoms with van der Waals surface area (Å²) in [5, 5.41) is 3.71. The molecule has 0 bridgehead atoms. The molecule has 0 spiro atoms. The van der Waals surface area contributed by atoms with E-state index in [4.69, 9.17) is 21.1 Å². The third-order valence-corrected chi connectivity index (χ3v) is 4.38. The summed E-state index contributed by atoms with van der Waals surface area (Å²) in [6.45, 7) is 4.46. The van der Waals surface area contributed by atoms with Gasteiger partial charge in [-0.05, 0) is 44.5 Å². The van der Waals surface area contributed by atoms with Crippen molar-refractivity contribution in [2.24, 2.45) is 0 Å². The minimum Gasteiger partial charge on any atom is -0.493 e. The highest BCUT2D eigenvalue weighted by atomic mass is 35.5. The van der Waals surface area contributed by atoms with E-state index in [0.29, 0.717) is 28.7 Å². The van der Waals surface area contributed by atoms with Crippen molar-refractivity contribution in [1.82, 2.24) is 10.2 Å². The van der Waals surface area contributed by atoms with Crippen LogP contribution >= 0.6 is 24.0 Å². The molecule has 0 aliphatic carbocycles. The minimum absolute atomic E-state index is 0. The summed E-state index contributed by atoms with van der Waals surface area (Å²) in [5.74, 6) is 0.948. The fourth-order valence-corrected chi connectivity index (χ4v) is 3.02. The molecule has 1 saturated heterocycles. The van der Waals surface area contributed by atoms with E-state index in [1.54, 1.807) is 24.1 Å². The van der Waals surface area contributed by atoms with Gasteiger partial charge in [0.1, 0.15) is 0 Å². The maximum atomic E-state index is 12.7. The average Bonchev–Trinajstić information content (AvgIpc) is 2.59. The minimum atomic E-state index is -0.0425. The van der Waals surface area contributed by atoms with Crippen LogP contribution in [0.25, 0.3) is 0 Å². The molecule has 1 aromatic rings. The van der Waals surface area contributed by atoms with Gasteiger partial charge in [0, 0.05) is 18.7 Å². The topological polar surface area (TPSA) is 50.8 Å². The molecule has 136 valence electrons. The summed E-state index contributed by atoms with van der Waals surface area (Å²) in [7, 11) is 3.40. The summed E-state index contributed by atoms with van der Waals surface area (Å²) < 4.78 is 11.0. The molecule has 1 aliphatic heterocycles. The number of amides is 1. The van der Waals surface area contributed by atoms with E-state index in [-0.39, 0.29) is 24.4 Å². The number of carbonyl (C=O) groups is 1. The lowest BCUT2D eigenvalue weighted by atomic mass is 10.0. The fourth-order valence-electron chi connectivity index (χ4n) is 2.75. The molecule has 0 radical (unpaired) electrons. The molecule has 24 heavy (non-hydrogen) atoms. The van der Waals surface area contributed by atoms with Gasteiger partial charge in [-0.3, -0.25) is 4.79 Å². The molecule has 1 amide bonds. The van der Waals surface area contributed by atoms with Crippen molar-refractivity contribution in [1.29, 1.82) is 0 Å². The lowest BCUT2D eigenvalue weighted by Crippen LogP contribution is -2.43. The molecule has 1 fully saturated rings. The van der Waals surface area contributed by atoms with E-state index in [0.717, 1.165) is 32.4 Å². The van der Waals surface area contributed by atoms with Crippen molar-refractivity contribution in [3.05, 3.63) is 22.7 Å². The van der Waals surface area contributed by atoms with Crippen LogP contribution in [0.2, 0.25) is 5.02 Å². The Hall–Kier alpha value is -1.17. The van der Waals surface area contributed by atoms with Crippen LogP contribution in [-0.2, 0) is 0 Å². The number of piperidine rings is 1. The number of methoxy groups -OCH3 is 1. The van der Waals surface area contributed by atoms with Gasteiger partial charge in [-0.25, -0.2) is 0 Å². The predicted molar refractivity (Wildman–Crippen MR) is 99.0 cm³/mol.